The number of aromatic nitrogens is 2. The Balaban J connectivity index is 1.79. The fraction of sp³-hybridized carbons (Fsp3) is 0.167. The van der Waals surface area contributed by atoms with Gasteiger partial charge in [0, 0.05) is 0 Å². The number of nitrogens with zero attached hydrogens (tertiary/aromatic N) is 3. The lowest BCUT2D eigenvalue weighted by molar-refractivity contribution is -0.0250. The second-order valence-corrected chi connectivity index (χ2v) is 5.77. The van der Waals surface area contributed by atoms with Crippen LogP contribution in [0.2, 0.25) is 0 Å². The smallest absolute Gasteiger partial charge is 0.261 e. The summed E-state index contributed by atoms with van der Waals surface area (Å²) in [5, 5.41) is 9.31. The number of nitriles is 1. The molecule has 0 N–H and O–H groups in total. The first kappa shape index (κ1) is 16.2. The Hall–Kier alpha value is -3.31. The van der Waals surface area contributed by atoms with Crippen molar-refractivity contribution >= 4 is 10.9 Å². The van der Waals surface area contributed by atoms with Crippen molar-refractivity contribution in [2.75, 3.05) is 13.2 Å². The molecular weight excluding hydrogens is 344 g/mol. The van der Waals surface area contributed by atoms with Gasteiger partial charge in [-0.3, -0.25) is 9.36 Å². The lowest BCUT2D eigenvalue weighted by Crippen LogP contribution is -2.37. The highest BCUT2D eigenvalue weighted by atomic mass is 19.1. The van der Waals surface area contributed by atoms with Gasteiger partial charge in [-0.15, -0.1) is 0 Å². The molecule has 0 spiro atoms. The number of fused-ring (bicyclic) bond motifs is 1. The lowest BCUT2D eigenvalue weighted by Gasteiger charge is -2.27. The lowest BCUT2D eigenvalue weighted by atomic mass is 10.2. The van der Waals surface area contributed by atoms with Crippen LogP contribution < -0.4 is 10.3 Å². The second-order valence-electron chi connectivity index (χ2n) is 5.77. The molecule has 1 fully saturated rings. The Kier molecular flexibility index (Phi) is 3.86. The molecular formula is C18H11F2N3O3. The minimum atomic E-state index is -0.890. The van der Waals surface area contributed by atoms with E-state index in [9.17, 15) is 13.6 Å². The van der Waals surface area contributed by atoms with E-state index in [0.29, 0.717) is 18.7 Å². The number of halogens is 2. The molecule has 0 aliphatic carbocycles. The van der Waals surface area contributed by atoms with E-state index >= 15 is 0 Å². The van der Waals surface area contributed by atoms with Crippen molar-refractivity contribution in [3.63, 3.8) is 0 Å². The van der Waals surface area contributed by atoms with Gasteiger partial charge in [0.2, 0.25) is 0 Å². The monoisotopic (exact) mass is 355 g/mol. The van der Waals surface area contributed by atoms with E-state index in [1.807, 2.05) is 0 Å². The Morgan fingerprint density at radius 2 is 2.00 bits per heavy atom. The third-order valence-corrected chi connectivity index (χ3v) is 4.16. The van der Waals surface area contributed by atoms with Crippen molar-refractivity contribution < 1.29 is 18.3 Å². The summed E-state index contributed by atoms with van der Waals surface area (Å²) in [7, 11) is 0. The first-order chi connectivity index (χ1) is 12.6. The highest BCUT2D eigenvalue weighted by Crippen LogP contribution is 2.31. The quantitative estimate of drug-likeness (QED) is 0.722. The normalized spacial score (nSPS) is 14.0. The predicted octanol–water partition coefficient (Wildman–Crippen LogP) is 2.91. The van der Waals surface area contributed by atoms with Gasteiger partial charge >= 0.3 is 0 Å². The zero-order valence-electron chi connectivity index (χ0n) is 13.3. The zero-order valence-corrected chi connectivity index (χ0v) is 13.3. The van der Waals surface area contributed by atoms with Crippen molar-refractivity contribution in [3.05, 3.63) is 64.2 Å². The Morgan fingerprint density at radius 3 is 2.69 bits per heavy atom. The summed E-state index contributed by atoms with van der Waals surface area (Å²) in [6.07, 6.45) is 1.46. The molecule has 130 valence electrons. The van der Waals surface area contributed by atoms with Crippen molar-refractivity contribution in [2.24, 2.45) is 0 Å². The molecule has 1 aromatic heterocycles. The van der Waals surface area contributed by atoms with Crippen molar-refractivity contribution in [1.82, 2.24) is 9.55 Å². The Labute approximate surface area is 145 Å². The molecule has 4 rings (SSSR count). The van der Waals surface area contributed by atoms with Crippen LogP contribution in [0.15, 0.2) is 41.5 Å². The third-order valence-electron chi connectivity index (χ3n) is 4.16. The maximum Gasteiger partial charge on any atom is 0.261 e. The van der Waals surface area contributed by atoms with E-state index in [0.717, 1.165) is 12.1 Å². The molecule has 0 amide bonds. The maximum absolute atomic E-state index is 14.0. The van der Waals surface area contributed by atoms with Crippen LogP contribution in [0.25, 0.3) is 10.9 Å². The predicted molar refractivity (Wildman–Crippen MR) is 87.0 cm³/mol. The average Bonchev–Trinajstić information content (AvgIpc) is 2.59. The van der Waals surface area contributed by atoms with Gasteiger partial charge in [0.05, 0.1) is 36.5 Å². The number of hydrogen-bond donors (Lipinski definition) is 0. The van der Waals surface area contributed by atoms with Gasteiger partial charge in [0.1, 0.15) is 23.2 Å². The van der Waals surface area contributed by atoms with Crippen LogP contribution in [0, 0.1) is 23.0 Å². The van der Waals surface area contributed by atoms with E-state index in [-0.39, 0.29) is 22.7 Å². The van der Waals surface area contributed by atoms with E-state index in [4.69, 9.17) is 14.7 Å². The molecule has 0 saturated carbocycles. The fourth-order valence-electron chi connectivity index (χ4n) is 2.68. The molecule has 1 saturated heterocycles. The first-order valence-electron chi connectivity index (χ1n) is 7.73. The first-order valence-corrected chi connectivity index (χ1v) is 7.73. The largest absolute Gasteiger partial charge is 0.453 e. The molecule has 26 heavy (non-hydrogen) atoms. The second kappa shape index (κ2) is 6.20. The SMILES string of the molecule is N#Cc1c(F)ccc(F)c1Oc1ccc2ncn(C3COC3)c(=O)c2c1. The van der Waals surface area contributed by atoms with Crippen LogP contribution in [0.3, 0.4) is 0 Å². The summed E-state index contributed by atoms with van der Waals surface area (Å²) in [5.41, 5.74) is -0.381. The van der Waals surface area contributed by atoms with Crippen LogP contribution in [-0.2, 0) is 4.74 Å². The number of rotatable bonds is 3. The van der Waals surface area contributed by atoms with Gasteiger partial charge in [0.25, 0.3) is 5.56 Å². The maximum atomic E-state index is 14.0. The van der Waals surface area contributed by atoms with Gasteiger partial charge in [-0.2, -0.15) is 5.26 Å². The highest BCUT2D eigenvalue weighted by molar-refractivity contribution is 5.79. The van der Waals surface area contributed by atoms with Gasteiger partial charge in [0.15, 0.2) is 11.6 Å². The minimum Gasteiger partial charge on any atom is -0.453 e. The van der Waals surface area contributed by atoms with Gasteiger partial charge in [-0.1, -0.05) is 0 Å². The minimum absolute atomic E-state index is 0.0742. The van der Waals surface area contributed by atoms with Gasteiger partial charge in [-0.05, 0) is 30.3 Å². The summed E-state index contributed by atoms with van der Waals surface area (Å²) in [6.45, 7) is 0.868. The van der Waals surface area contributed by atoms with Crippen molar-refractivity contribution in [3.8, 4) is 17.6 Å². The average molecular weight is 355 g/mol. The van der Waals surface area contributed by atoms with Gasteiger partial charge < -0.3 is 9.47 Å². The van der Waals surface area contributed by atoms with Gasteiger partial charge in [-0.25, -0.2) is 13.8 Å². The summed E-state index contributed by atoms with van der Waals surface area (Å²) >= 11 is 0. The zero-order chi connectivity index (χ0) is 18.3. The number of hydrogen-bond acceptors (Lipinski definition) is 5. The molecule has 0 atom stereocenters. The molecule has 0 unspecified atom stereocenters. The van der Waals surface area contributed by atoms with Crippen LogP contribution in [0.1, 0.15) is 11.6 Å². The van der Waals surface area contributed by atoms with E-state index in [1.165, 1.54) is 29.1 Å². The van der Waals surface area contributed by atoms with E-state index in [2.05, 4.69) is 4.98 Å². The number of ether oxygens (including phenoxy) is 2. The van der Waals surface area contributed by atoms with Crippen LogP contribution >= 0.6 is 0 Å². The molecule has 2 aromatic carbocycles. The summed E-state index contributed by atoms with van der Waals surface area (Å²) < 4.78 is 39.6. The van der Waals surface area contributed by atoms with Crippen LogP contribution in [0.5, 0.6) is 11.5 Å². The molecule has 2 heterocycles. The number of benzene rings is 2. The van der Waals surface area contributed by atoms with Crippen LogP contribution in [0.4, 0.5) is 8.78 Å². The molecule has 8 heteroatoms. The van der Waals surface area contributed by atoms with E-state index in [1.54, 1.807) is 6.07 Å². The fourth-order valence-corrected chi connectivity index (χ4v) is 2.68. The Bertz CT molecular complexity index is 1120. The van der Waals surface area contributed by atoms with Crippen molar-refractivity contribution in [2.45, 2.75) is 6.04 Å². The Morgan fingerprint density at radius 1 is 1.23 bits per heavy atom. The molecule has 0 bridgehead atoms. The molecule has 1 aliphatic heterocycles. The van der Waals surface area contributed by atoms with Crippen LogP contribution in [-0.4, -0.2) is 22.8 Å². The van der Waals surface area contributed by atoms with Crippen molar-refractivity contribution in [1.29, 1.82) is 5.26 Å². The molecule has 6 nitrogen and oxygen atoms in total. The highest BCUT2D eigenvalue weighted by Gasteiger charge is 2.22. The standard InChI is InChI=1S/C18H11F2N3O3/c19-14-2-3-15(20)17(13(14)6-21)26-11-1-4-16-12(5-11)18(24)23(9-22-16)10-7-25-8-10/h1-5,9-10H,7-8H2. The molecule has 0 radical (unpaired) electrons. The summed E-state index contributed by atoms with van der Waals surface area (Å²) in [4.78, 5) is 16.9. The molecule has 1 aliphatic rings. The topological polar surface area (TPSA) is 77.1 Å². The van der Waals surface area contributed by atoms with E-state index < -0.39 is 22.9 Å². The summed E-state index contributed by atoms with van der Waals surface area (Å²) in [5.74, 6) is -2.19. The summed E-state index contributed by atoms with van der Waals surface area (Å²) in [6, 6.07) is 7.63. The third kappa shape index (κ3) is 2.59. The molecule has 3 aromatic rings.